The standard InChI is InChI=1S/C22H24N4O2S/c1-13(2)18(23-19(27)16-10-8-14(3)9-11-16)20(28)24-22-26-25-21(29-22)17-7-5-6-15(4)12-17/h5-13,18H,1-4H3,(H,23,27)(H,24,26,28). The quantitative estimate of drug-likeness (QED) is 0.640. The van der Waals surface area contributed by atoms with Crippen molar-refractivity contribution in [1.82, 2.24) is 15.5 Å². The summed E-state index contributed by atoms with van der Waals surface area (Å²) in [7, 11) is 0. The fourth-order valence-electron chi connectivity index (χ4n) is 2.82. The van der Waals surface area contributed by atoms with Crippen LogP contribution >= 0.6 is 11.3 Å². The first-order valence-electron chi connectivity index (χ1n) is 9.42. The summed E-state index contributed by atoms with van der Waals surface area (Å²) >= 11 is 1.30. The molecule has 7 heteroatoms. The first kappa shape index (κ1) is 20.7. The predicted molar refractivity (Wildman–Crippen MR) is 116 cm³/mol. The molecule has 0 aliphatic heterocycles. The highest BCUT2D eigenvalue weighted by Crippen LogP contribution is 2.27. The van der Waals surface area contributed by atoms with E-state index in [1.54, 1.807) is 12.1 Å². The molecular weight excluding hydrogens is 384 g/mol. The van der Waals surface area contributed by atoms with Crippen LogP contribution < -0.4 is 10.6 Å². The summed E-state index contributed by atoms with van der Waals surface area (Å²) in [5.41, 5.74) is 3.67. The van der Waals surface area contributed by atoms with Gasteiger partial charge >= 0.3 is 0 Å². The van der Waals surface area contributed by atoms with Crippen molar-refractivity contribution in [2.24, 2.45) is 5.92 Å². The van der Waals surface area contributed by atoms with Crippen LogP contribution in [0.3, 0.4) is 0 Å². The normalized spacial score (nSPS) is 11.9. The summed E-state index contributed by atoms with van der Waals surface area (Å²) in [4.78, 5) is 25.3. The van der Waals surface area contributed by atoms with Crippen molar-refractivity contribution in [3.05, 3.63) is 65.2 Å². The van der Waals surface area contributed by atoms with Gasteiger partial charge in [-0.15, -0.1) is 10.2 Å². The van der Waals surface area contributed by atoms with E-state index in [1.807, 2.05) is 64.1 Å². The number of hydrogen-bond acceptors (Lipinski definition) is 5. The van der Waals surface area contributed by atoms with Gasteiger partial charge in [0.25, 0.3) is 5.91 Å². The number of anilines is 1. The van der Waals surface area contributed by atoms with E-state index in [9.17, 15) is 9.59 Å². The van der Waals surface area contributed by atoms with E-state index in [2.05, 4.69) is 20.8 Å². The molecule has 150 valence electrons. The maximum atomic E-state index is 12.8. The van der Waals surface area contributed by atoms with Gasteiger partial charge in [-0.3, -0.25) is 14.9 Å². The van der Waals surface area contributed by atoms with Gasteiger partial charge in [0.1, 0.15) is 11.0 Å². The maximum Gasteiger partial charge on any atom is 0.251 e. The Hall–Kier alpha value is -3.06. The van der Waals surface area contributed by atoms with Crippen LogP contribution in [0.4, 0.5) is 5.13 Å². The van der Waals surface area contributed by atoms with E-state index >= 15 is 0 Å². The minimum atomic E-state index is -0.685. The minimum absolute atomic E-state index is 0.0893. The average molecular weight is 409 g/mol. The van der Waals surface area contributed by atoms with Crippen molar-refractivity contribution in [1.29, 1.82) is 0 Å². The van der Waals surface area contributed by atoms with E-state index in [-0.39, 0.29) is 17.7 Å². The number of hydrogen-bond donors (Lipinski definition) is 2. The number of nitrogens with zero attached hydrogens (tertiary/aromatic N) is 2. The molecule has 2 amide bonds. The molecule has 2 aromatic carbocycles. The van der Waals surface area contributed by atoms with Crippen LogP contribution in [-0.4, -0.2) is 28.1 Å². The Balaban J connectivity index is 1.70. The number of carbonyl (C=O) groups is 2. The average Bonchev–Trinajstić information content (AvgIpc) is 3.14. The zero-order valence-corrected chi connectivity index (χ0v) is 17.7. The predicted octanol–water partition coefficient (Wildman–Crippen LogP) is 4.22. The maximum absolute atomic E-state index is 12.8. The second-order valence-electron chi connectivity index (χ2n) is 7.33. The van der Waals surface area contributed by atoms with Gasteiger partial charge in [-0.05, 0) is 38.0 Å². The summed E-state index contributed by atoms with van der Waals surface area (Å²) in [6.07, 6.45) is 0. The summed E-state index contributed by atoms with van der Waals surface area (Å²) in [5, 5.41) is 15.0. The van der Waals surface area contributed by atoms with Crippen molar-refractivity contribution < 1.29 is 9.59 Å². The molecule has 0 radical (unpaired) electrons. The summed E-state index contributed by atoms with van der Waals surface area (Å²) < 4.78 is 0. The van der Waals surface area contributed by atoms with Crippen molar-refractivity contribution in [2.45, 2.75) is 33.7 Å². The van der Waals surface area contributed by atoms with Crippen molar-refractivity contribution in [3.8, 4) is 10.6 Å². The highest BCUT2D eigenvalue weighted by atomic mass is 32.1. The lowest BCUT2D eigenvalue weighted by atomic mass is 10.0. The number of rotatable bonds is 6. The van der Waals surface area contributed by atoms with Crippen molar-refractivity contribution in [2.75, 3.05) is 5.32 Å². The summed E-state index contributed by atoms with van der Waals surface area (Å²) in [6.45, 7) is 7.74. The molecule has 3 aromatic rings. The Kier molecular flexibility index (Phi) is 6.39. The van der Waals surface area contributed by atoms with E-state index < -0.39 is 6.04 Å². The first-order valence-corrected chi connectivity index (χ1v) is 10.2. The minimum Gasteiger partial charge on any atom is -0.340 e. The second kappa shape index (κ2) is 8.96. The van der Waals surface area contributed by atoms with Gasteiger partial charge in [-0.2, -0.15) is 0 Å². The van der Waals surface area contributed by atoms with Gasteiger partial charge in [0.2, 0.25) is 11.0 Å². The van der Waals surface area contributed by atoms with Gasteiger partial charge in [0, 0.05) is 11.1 Å². The molecule has 0 bridgehead atoms. The Morgan fingerprint density at radius 1 is 0.966 bits per heavy atom. The van der Waals surface area contributed by atoms with Crippen molar-refractivity contribution in [3.63, 3.8) is 0 Å². The lowest BCUT2D eigenvalue weighted by molar-refractivity contribution is -0.118. The van der Waals surface area contributed by atoms with Gasteiger partial charge in [0.15, 0.2) is 0 Å². The Bertz CT molecular complexity index is 1010. The molecule has 0 aliphatic carbocycles. The smallest absolute Gasteiger partial charge is 0.251 e. The monoisotopic (exact) mass is 408 g/mol. The third kappa shape index (κ3) is 5.26. The number of amides is 2. The molecule has 1 unspecified atom stereocenters. The number of nitrogens with one attached hydrogen (secondary N) is 2. The molecule has 0 saturated heterocycles. The molecule has 3 rings (SSSR count). The molecule has 1 aromatic heterocycles. The lowest BCUT2D eigenvalue weighted by Crippen LogP contribution is -2.47. The molecule has 0 fully saturated rings. The molecule has 0 spiro atoms. The molecular formula is C22H24N4O2S. The Labute approximate surface area is 174 Å². The SMILES string of the molecule is Cc1ccc(C(=O)NC(C(=O)Nc2nnc(-c3cccc(C)c3)s2)C(C)C)cc1. The molecule has 2 N–H and O–H groups in total. The van der Waals surface area contributed by atoms with Gasteiger partial charge < -0.3 is 5.32 Å². The number of aryl methyl sites for hydroxylation is 2. The van der Waals surface area contributed by atoms with E-state index in [1.165, 1.54) is 11.3 Å². The van der Waals surface area contributed by atoms with Gasteiger partial charge in [-0.1, -0.05) is 66.6 Å². The molecule has 0 aliphatic rings. The fraction of sp³-hybridized carbons (Fsp3) is 0.273. The highest BCUT2D eigenvalue weighted by Gasteiger charge is 2.25. The van der Waals surface area contributed by atoms with E-state index in [4.69, 9.17) is 0 Å². The van der Waals surface area contributed by atoms with Crippen LogP contribution in [-0.2, 0) is 4.79 Å². The Morgan fingerprint density at radius 2 is 1.69 bits per heavy atom. The van der Waals surface area contributed by atoms with E-state index in [0.29, 0.717) is 10.7 Å². The fourth-order valence-corrected chi connectivity index (χ4v) is 3.56. The molecule has 29 heavy (non-hydrogen) atoms. The molecule has 0 saturated carbocycles. The molecule has 6 nitrogen and oxygen atoms in total. The van der Waals surface area contributed by atoms with Crippen LogP contribution in [0.1, 0.15) is 35.3 Å². The second-order valence-corrected chi connectivity index (χ2v) is 8.31. The number of carbonyl (C=O) groups excluding carboxylic acids is 2. The number of benzene rings is 2. The zero-order valence-electron chi connectivity index (χ0n) is 16.9. The first-order chi connectivity index (χ1) is 13.8. The van der Waals surface area contributed by atoms with Crippen LogP contribution in [0, 0.1) is 19.8 Å². The molecule has 1 atom stereocenters. The zero-order chi connectivity index (χ0) is 21.0. The topological polar surface area (TPSA) is 84.0 Å². The third-order valence-corrected chi connectivity index (χ3v) is 5.36. The van der Waals surface area contributed by atoms with Crippen LogP contribution in [0.15, 0.2) is 48.5 Å². The van der Waals surface area contributed by atoms with E-state index in [0.717, 1.165) is 21.7 Å². The summed E-state index contributed by atoms with van der Waals surface area (Å²) in [6, 6.07) is 14.5. The van der Waals surface area contributed by atoms with Gasteiger partial charge in [-0.25, -0.2) is 0 Å². The van der Waals surface area contributed by atoms with Crippen LogP contribution in [0.2, 0.25) is 0 Å². The largest absolute Gasteiger partial charge is 0.340 e. The Morgan fingerprint density at radius 3 is 2.34 bits per heavy atom. The third-order valence-electron chi connectivity index (χ3n) is 4.47. The van der Waals surface area contributed by atoms with Crippen LogP contribution in [0.5, 0.6) is 0 Å². The van der Waals surface area contributed by atoms with Crippen LogP contribution in [0.25, 0.3) is 10.6 Å². The van der Waals surface area contributed by atoms with Crippen molar-refractivity contribution >= 4 is 28.3 Å². The summed E-state index contributed by atoms with van der Waals surface area (Å²) in [5.74, 6) is -0.683. The molecule has 1 heterocycles. The lowest BCUT2D eigenvalue weighted by Gasteiger charge is -2.21. The highest BCUT2D eigenvalue weighted by molar-refractivity contribution is 7.18. The number of aromatic nitrogens is 2. The van der Waals surface area contributed by atoms with Gasteiger partial charge in [0.05, 0.1) is 0 Å².